The van der Waals surface area contributed by atoms with Gasteiger partial charge in [-0.3, -0.25) is 0 Å². The lowest BCUT2D eigenvalue weighted by atomic mass is 10.3. The summed E-state index contributed by atoms with van der Waals surface area (Å²) in [5.41, 5.74) is 0. The first-order valence-corrected chi connectivity index (χ1v) is 3.83. The fourth-order valence-corrected chi connectivity index (χ4v) is 1.04. The topological polar surface area (TPSA) is 41.5 Å². The Morgan fingerprint density at radius 2 is 2.27 bits per heavy atom. The van der Waals surface area contributed by atoms with Crippen LogP contribution in [0.25, 0.3) is 0 Å². The van der Waals surface area contributed by atoms with Crippen LogP contribution >= 0.6 is 12.4 Å². The summed E-state index contributed by atoms with van der Waals surface area (Å²) < 4.78 is 5.35. The van der Waals surface area contributed by atoms with Crippen LogP contribution in [-0.4, -0.2) is 37.0 Å². The highest BCUT2D eigenvalue weighted by Crippen LogP contribution is 2.00. The number of aliphatic hydroxyl groups excluding tert-OH is 1. The van der Waals surface area contributed by atoms with Crippen LogP contribution in [-0.2, 0) is 4.74 Å². The zero-order valence-electron chi connectivity index (χ0n) is 6.75. The van der Waals surface area contributed by atoms with Crippen LogP contribution < -0.4 is 5.32 Å². The number of aliphatic hydroxyl groups is 1. The Morgan fingerprint density at radius 1 is 1.55 bits per heavy atom. The molecule has 11 heavy (non-hydrogen) atoms. The van der Waals surface area contributed by atoms with Crippen molar-refractivity contribution in [2.45, 2.75) is 25.6 Å². The maximum absolute atomic E-state index is 9.11. The van der Waals surface area contributed by atoms with Gasteiger partial charge < -0.3 is 15.2 Å². The average molecular weight is 182 g/mol. The second kappa shape index (κ2) is 5.77. The molecule has 0 saturated carbocycles. The first-order chi connectivity index (χ1) is 4.83. The first-order valence-electron chi connectivity index (χ1n) is 3.83. The Morgan fingerprint density at radius 3 is 2.91 bits per heavy atom. The molecule has 0 aromatic carbocycles. The summed E-state index contributed by atoms with van der Waals surface area (Å²) in [5.74, 6) is 0. The zero-order chi connectivity index (χ0) is 7.40. The van der Waals surface area contributed by atoms with E-state index in [4.69, 9.17) is 9.84 Å². The Hall–Kier alpha value is 0.170. The molecule has 0 spiro atoms. The molecule has 0 aromatic rings. The van der Waals surface area contributed by atoms with Crippen LogP contribution in [0.1, 0.15) is 13.3 Å². The summed E-state index contributed by atoms with van der Waals surface area (Å²) in [6.45, 7) is 4.10. The van der Waals surface area contributed by atoms with Gasteiger partial charge in [-0.05, 0) is 6.42 Å². The van der Waals surface area contributed by atoms with Gasteiger partial charge in [0.1, 0.15) is 0 Å². The van der Waals surface area contributed by atoms with Crippen LogP contribution in [0.4, 0.5) is 0 Å². The number of ether oxygens (including phenoxy) is 1. The van der Waals surface area contributed by atoms with Gasteiger partial charge in [-0.1, -0.05) is 6.92 Å². The van der Waals surface area contributed by atoms with Crippen molar-refractivity contribution in [3.63, 3.8) is 0 Å². The molecule has 4 heteroatoms. The van der Waals surface area contributed by atoms with Crippen LogP contribution in [0, 0.1) is 0 Å². The van der Waals surface area contributed by atoms with Gasteiger partial charge in [-0.25, -0.2) is 0 Å². The molecule has 0 amide bonds. The molecule has 1 aliphatic rings. The second-order valence-electron chi connectivity index (χ2n) is 2.68. The molecule has 2 atom stereocenters. The quantitative estimate of drug-likeness (QED) is 0.606. The van der Waals surface area contributed by atoms with Crippen molar-refractivity contribution in [1.29, 1.82) is 0 Å². The molecule has 0 bridgehead atoms. The van der Waals surface area contributed by atoms with Gasteiger partial charge in [0.05, 0.1) is 18.8 Å². The third kappa shape index (κ3) is 3.91. The van der Waals surface area contributed by atoms with Crippen molar-refractivity contribution < 1.29 is 9.84 Å². The minimum absolute atomic E-state index is 0. The third-order valence-corrected chi connectivity index (χ3v) is 1.73. The summed E-state index contributed by atoms with van der Waals surface area (Å²) in [5, 5.41) is 12.2. The summed E-state index contributed by atoms with van der Waals surface area (Å²) in [4.78, 5) is 0. The van der Waals surface area contributed by atoms with Crippen molar-refractivity contribution >= 4 is 12.4 Å². The highest BCUT2D eigenvalue weighted by molar-refractivity contribution is 5.85. The number of rotatable bonds is 1. The number of halogens is 1. The molecule has 1 saturated heterocycles. The van der Waals surface area contributed by atoms with E-state index in [-0.39, 0.29) is 24.6 Å². The largest absolute Gasteiger partial charge is 0.389 e. The van der Waals surface area contributed by atoms with Gasteiger partial charge in [0, 0.05) is 13.1 Å². The number of hydrogen-bond donors (Lipinski definition) is 2. The van der Waals surface area contributed by atoms with E-state index in [9.17, 15) is 0 Å². The number of nitrogens with one attached hydrogen (secondary N) is 1. The summed E-state index contributed by atoms with van der Waals surface area (Å²) in [6, 6.07) is 0. The predicted molar refractivity (Wildman–Crippen MR) is 46.2 cm³/mol. The van der Waals surface area contributed by atoms with Crippen LogP contribution in [0.15, 0.2) is 0 Å². The van der Waals surface area contributed by atoms with E-state index >= 15 is 0 Å². The Balaban J connectivity index is 0.000001000. The lowest BCUT2D eigenvalue weighted by molar-refractivity contribution is 0.0123. The zero-order valence-corrected chi connectivity index (χ0v) is 7.56. The first kappa shape index (κ1) is 11.2. The Kier molecular flexibility index (Phi) is 5.86. The Labute approximate surface area is 73.5 Å². The van der Waals surface area contributed by atoms with Crippen molar-refractivity contribution in [2.75, 3.05) is 19.7 Å². The normalized spacial score (nSPS) is 32.2. The lowest BCUT2D eigenvalue weighted by Crippen LogP contribution is -2.28. The SMILES string of the molecule is CCC1CNCC(O)CO1.Cl. The molecule has 0 aromatic heterocycles. The van der Waals surface area contributed by atoms with E-state index in [0.29, 0.717) is 13.2 Å². The van der Waals surface area contributed by atoms with E-state index in [0.717, 1.165) is 13.0 Å². The molecule has 1 fully saturated rings. The lowest BCUT2D eigenvalue weighted by Gasteiger charge is -2.11. The highest BCUT2D eigenvalue weighted by atomic mass is 35.5. The maximum Gasteiger partial charge on any atom is 0.0897 e. The van der Waals surface area contributed by atoms with Crippen molar-refractivity contribution in [1.82, 2.24) is 5.32 Å². The molecule has 2 N–H and O–H groups in total. The van der Waals surface area contributed by atoms with Gasteiger partial charge >= 0.3 is 0 Å². The smallest absolute Gasteiger partial charge is 0.0897 e. The van der Waals surface area contributed by atoms with E-state index in [2.05, 4.69) is 12.2 Å². The van der Waals surface area contributed by atoms with Crippen molar-refractivity contribution in [3.05, 3.63) is 0 Å². The van der Waals surface area contributed by atoms with Gasteiger partial charge in [0.2, 0.25) is 0 Å². The average Bonchev–Trinajstić information content (AvgIpc) is 2.14. The molecule has 3 nitrogen and oxygen atoms in total. The summed E-state index contributed by atoms with van der Waals surface area (Å²) in [6.07, 6.45) is 0.980. The highest BCUT2D eigenvalue weighted by Gasteiger charge is 2.14. The fourth-order valence-electron chi connectivity index (χ4n) is 1.04. The molecule has 68 valence electrons. The number of β-amino-alcohol motifs (C(OH)–C–C–N with tert-alkyl or cyclic N) is 1. The van der Waals surface area contributed by atoms with E-state index < -0.39 is 0 Å². The van der Waals surface area contributed by atoms with E-state index in [1.165, 1.54) is 0 Å². The van der Waals surface area contributed by atoms with Gasteiger partial charge in [0.25, 0.3) is 0 Å². The van der Waals surface area contributed by atoms with Gasteiger partial charge in [-0.2, -0.15) is 0 Å². The number of hydrogen-bond acceptors (Lipinski definition) is 3. The van der Waals surface area contributed by atoms with Gasteiger partial charge in [0.15, 0.2) is 0 Å². The van der Waals surface area contributed by atoms with Gasteiger partial charge in [-0.15, -0.1) is 12.4 Å². The van der Waals surface area contributed by atoms with Crippen molar-refractivity contribution in [2.24, 2.45) is 0 Å². The summed E-state index contributed by atoms with van der Waals surface area (Å²) in [7, 11) is 0. The second-order valence-corrected chi connectivity index (χ2v) is 2.68. The summed E-state index contributed by atoms with van der Waals surface area (Å²) >= 11 is 0. The van der Waals surface area contributed by atoms with Crippen LogP contribution in [0.2, 0.25) is 0 Å². The monoisotopic (exact) mass is 181 g/mol. The van der Waals surface area contributed by atoms with Crippen LogP contribution in [0.5, 0.6) is 0 Å². The molecular weight excluding hydrogens is 166 g/mol. The van der Waals surface area contributed by atoms with E-state index in [1.54, 1.807) is 0 Å². The minimum Gasteiger partial charge on any atom is -0.389 e. The minimum atomic E-state index is -0.323. The predicted octanol–water partition coefficient (Wildman–Crippen LogP) is 0.168. The van der Waals surface area contributed by atoms with E-state index in [1.807, 2.05) is 0 Å². The third-order valence-electron chi connectivity index (χ3n) is 1.73. The molecule has 0 radical (unpaired) electrons. The molecular formula is C7H16ClNO2. The molecule has 2 unspecified atom stereocenters. The maximum atomic E-state index is 9.11. The molecule has 0 aliphatic carbocycles. The fraction of sp³-hybridized carbons (Fsp3) is 1.00. The molecule has 1 aliphatic heterocycles. The molecule has 1 heterocycles. The van der Waals surface area contributed by atoms with Crippen molar-refractivity contribution in [3.8, 4) is 0 Å². The van der Waals surface area contributed by atoms with Crippen LogP contribution in [0.3, 0.4) is 0 Å². The standard InChI is InChI=1S/C7H15NO2.ClH/c1-2-7-4-8-3-6(9)5-10-7;/h6-9H,2-5H2,1H3;1H. The Bertz CT molecular complexity index is 102. The molecule has 1 rings (SSSR count).